The van der Waals surface area contributed by atoms with Gasteiger partial charge < -0.3 is 0 Å². The summed E-state index contributed by atoms with van der Waals surface area (Å²) in [6.07, 6.45) is 2.65. The highest BCUT2D eigenvalue weighted by Gasteiger charge is 2.29. The summed E-state index contributed by atoms with van der Waals surface area (Å²) in [6, 6.07) is 8.00. The van der Waals surface area contributed by atoms with Gasteiger partial charge >= 0.3 is 0 Å². The van der Waals surface area contributed by atoms with Crippen molar-refractivity contribution in [1.82, 2.24) is 14.8 Å². The molecular weight excluding hydrogens is 408 g/mol. The number of carbonyl (C=O) groups is 1. The van der Waals surface area contributed by atoms with E-state index in [2.05, 4.69) is 31.3 Å². The molecule has 1 aliphatic rings. The van der Waals surface area contributed by atoms with Crippen molar-refractivity contribution in [1.29, 1.82) is 0 Å². The van der Waals surface area contributed by atoms with Crippen LogP contribution in [0.15, 0.2) is 34.9 Å². The zero-order valence-electron chi connectivity index (χ0n) is 12.7. The van der Waals surface area contributed by atoms with Gasteiger partial charge in [-0.3, -0.25) is 10.1 Å². The Balaban J connectivity index is 1.73. The number of rotatable bonds is 3. The first-order valence-electron chi connectivity index (χ1n) is 7.43. The highest BCUT2D eigenvalue weighted by atomic mass is 79.9. The Hall–Kier alpha value is -1.64. The molecule has 0 atom stereocenters. The molecule has 0 saturated heterocycles. The van der Waals surface area contributed by atoms with Crippen LogP contribution in [-0.2, 0) is 6.42 Å². The van der Waals surface area contributed by atoms with Gasteiger partial charge in [-0.2, -0.15) is 5.10 Å². The topological polar surface area (TPSA) is 59.8 Å². The van der Waals surface area contributed by atoms with Gasteiger partial charge in [-0.15, -0.1) is 0 Å². The monoisotopic (exact) mass is 420 g/mol. The molecule has 1 N–H and O–H groups in total. The molecule has 5 nitrogen and oxygen atoms in total. The van der Waals surface area contributed by atoms with Crippen LogP contribution in [0.1, 0.15) is 18.2 Å². The molecule has 0 bridgehead atoms. The number of halogens is 1. The van der Waals surface area contributed by atoms with Gasteiger partial charge in [0.1, 0.15) is 0 Å². The number of aromatic nitrogens is 3. The minimum atomic E-state index is -0.0653. The summed E-state index contributed by atoms with van der Waals surface area (Å²) in [4.78, 5) is 17.4. The molecule has 3 aromatic rings. The summed E-state index contributed by atoms with van der Waals surface area (Å²) in [5, 5.41) is 7.98. The summed E-state index contributed by atoms with van der Waals surface area (Å²) < 4.78 is 2.93. The van der Waals surface area contributed by atoms with Crippen molar-refractivity contribution in [3.8, 4) is 16.3 Å². The second-order valence-electron chi connectivity index (χ2n) is 5.20. The number of nitrogens with zero attached hydrogens (tertiary/aromatic N) is 3. The summed E-state index contributed by atoms with van der Waals surface area (Å²) in [5.41, 5.74) is 4.23. The molecule has 1 amide bonds. The molecular formula is C16H13BrN4OS2. The van der Waals surface area contributed by atoms with Gasteiger partial charge in [0, 0.05) is 16.5 Å². The van der Waals surface area contributed by atoms with Gasteiger partial charge in [-0.05, 0) is 33.8 Å². The minimum absolute atomic E-state index is 0.0653. The second kappa shape index (κ2) is 6.34. The number of amides is 1. The molecule has 0 radical (unpaired) electrons. The van der Waals surface area contributed by atoms with Crippen LogP contribution in [0, 0.1) is 0 Å². The predicted molar refractivity (Wildman–Crippen MR) is 102 cm³/mol. The van der Waals surface area contributed by atoms with Crippen molar-refractivity contribution in [3.05, 3.63) is 46.2 Å². The normalized spacial score (nSPS) is 12.1. The predicted octanol–water partition coefficient (Wildman–Crippen LogP) is 4.95. The molecule has 4 rings (SSSR count). The molecule has 8 heteroatoms. The lowest BCUT2D eigenvalue weighted by atomic mass is 10.2. The second-order valence-corrected chi connectivity index (χ2v) is 8.29. The lowest BCUT2D eigenvalue weighted by molar-refractivity contribution is 0.270. The number of anilines is 1. The molecule has 0 fully saturated rings. The Morgan fingerprint density at radius 2 is 2.29 bits per heavy atom. The van der Waals surface area contributed by atoms with Gasteiger partial charge in [-0.1, -0.05) is 42.2 Å². The van der Waals surface area contributed by atoms with Gasteiger partial charge in [0.2, 0.25) is 0 Å². The van der Waals surface area contributed by atoms with Crippen molar-refractivity contribution >= 4 is 49.4 Å². The fourth-order valence-electron chi connectivity index (χ4n) is 2.70. The molecule has 122 valence electrons. The van der Waals surface area contributed by atoms with E-state index in [1.807, 2.05) is 42.1 Å². The third-order valence-electron chi connectivity index (χ3n) is 3.68. The fraction of sp³-hybridized carbons (Fsp3) is 0.188. The van der Waals surface area contributed by atoms with Gasteiger partial charge in [-0.25, -0.2) is 9.67 Å². The summed E-state index contributed by atoms with van der Waals surface area (Å²) in [5.74, 6) is 0.746. The Morgan fingerprint density at radius 3 is 3.08 bits per heavy atom. The smallest absolute Gasteiger partial charge is 0.285 e. The first kappa shape index (κ1) is 15.9. The van der Waals surface area contributed by atoms with Crippen LogP contribution in [0.3, 0.4) is 0 Å². The Labute approximate surface area is 155 Å². The number of fused-ring (bicyclic) bond motifs is 3. The Morgan fingerprint density at radius 1 is 1.46 bits per heavy atom. The van der Waals surface area contributed by atoms with Gasteiger partial charge in [0.05, 0.1) is 28.1 Å². The molecule has 0 spiro atoms. The van der Waals surface area contributed by atoms with E-state index in [1.54, 1.807) is 0 Å². The van der Waals surface area contributed by atoms with Crippen LogP contribution < -0.4 is 5.32 Å². The molecule has 0 unspecified atom stereocenters. The Bertz CT molecular complexity index is 934. The molecule has 0 saturated carbocycles. The minimum Gasteiger partial charge on any atom is -0.293 e. The largest absolute Gasteiger partial charge is 0.293 e. The zero-order valence-corrected chi connectivity index (χ0v) is 16.0. The number of carbonyl (C=O) groups excluding carboxylic acids is 1. The highest BCUT2D eigenvalue weighted by Crippen LogP contribution is 2.43. The third kappa shape index (κ3) is 2.68. The standard InChI is InChI=1S/C16H13BrN4OS2/c1-2-23-16(22)20-15-19-11-7-9-8-18-21(13(9)14(11)24-15)12-6-4-3-5-10(12)17/h3-6,8H,2,7H2,1H3,(H,19,20,22). The highest BCUT2D eigenvalue weighted by molar-refractivity contribution is 9.10. The quantitative estimate of drug-likeness (QED) is 0.509. The zero-order chi connectivity index (χ0) is 16.7. The maximum atomic E-state index is 11.8. The maximum absolute atomic E-state index is 11.8. The van der Waals surface area contributed by atoms with E-state index < -0.39 is 0 Å². The van der Waals surface area contributed by atoms with E-state index in [9.17, 15) is 4.79 Å². The van der Waals surface area contributed by atoms with Crippen molar-refractivity contribution < 1.29 is 4.79 Å². The van der Waals surface area contributed by atoms with Gasteiger partial charge in [0.15, 0.2) is 5.13 Å². The van der Waals surface area contributed by atoms with E-state index in [0.717, 1.165) is 38.6 Å². The van der Waals surface area contributed by atoms with Crippen molar-refractivity contribution in [2.75, 3.05) is 11.1 Å². The van der Waals surface area contributed by atoms with E-state index in [1.165, 1.54) is 28.7 Å². The number of hydrogen-bond donors (Lipinski definition) is 1. The fourth-order valence-corrected chi connectivity index (χ4v) is 4.70. The van der Waals surface area contributed by atoms with Crippen molar-refractivity contribution in [2.45, 2.75) is 13.3 Å². The average molecular weight is 421 g/mol. The van der Waals surface area contributed by atoms with E-state index in [0.29, 0.717) is 5.13 Å². The van der Waals surface area contributed by atoms with Crippen LogP contribution in [0.5, 0.6) is 0 Å². The number of hydrogen-bond acceptors (Lipinski definition) is 5. The van der Waals surface area contributed by atoms with Crippen molar-refractivity contribution in [2.24, 2.45) is 0 Å². The Kier molecular flexibility index (Phi) is 4.19. The van der Waals surface area contributed by atoms with Crippen LogP contribution >= 0.6 is 39.0 Å². The van der Waals surface area contributed by atoms with E-state index >= 15 is 0 Å². The van der Waals surface area contributed by atoms with Crippen molar-refractivity contribution in [3.63, 3.8) is 0 Å². The lowest BCUT2D eigenvalue weighted by Crippen LogP contribution is -2.04. The number of nitrogens with one attached hydrogen (secondary N) is 1. The number of para-hydroxylation sites is 1. The molecule has 1 aliphatic carbocycles. The number of thiazole rings is 1. The lowest BCUT2D eigenvalue weighted by Gasteiger charge is -2.07. The van der Waals surface area contributed by atoms with Crippen LogP contribution in [0.2, 0.25) is 0 Å². The number of thioether (sulfide) groups is 1. The molecule has 2 aromatic heterocycles. The van der Waals surface area contributed by atoms with Gasteiger partial charge in [0.25, 0.3) is 5.24 Å². The summed E-state index contributed by atoms with van der Waals surface area (Å²) >= 11 is 6.34. The molecule has 24 heavy (non-hydrogen) atoms. The third-order valence-corrected chi connectivity index (χ3v) is 6.02. The van der Waals surface area contributed by atoms with E-state index in [-0.39, 0.29) is 5.24 Å². The molecule has 2 heterocycles. The molecule has 0 aliphatic heterocycles. The SMILES string of the molecule is CCSC(=O)Nc1nc2c(s1)-c1c(cnn1-c1ccccc1Br)C2. The average Bonchev–Trinajstić information content (AvgIpc) is 3.19. The van der Waals surface area contributed by atoms with E-state index in [4.69, 9.17) is 0 Å². The summed E-state index contributed by atoms with van der Waals surface area (Å²) in [7, 11) is 0. The molecule has 1 aromatic carbocycles. The first-order chi connectivity index (χ1) is 11.7. The maximum Gasteiger partial charge on any atom is 0.285 e. The van der Waals surface area contributed by atoms with Crippen LogP contribution in [0.4, 0.5) is 9.93 Å². The number of benzene rings is 1. The van der Waals surface area contributed by atoms with Crippen LogP contribution in [-0.4, -0.2) is 25.8 Å². The first-order valence-corrected chi connectivity index (χ1v) is 10.0. The van der Waals surface area contributed by atoms with Crippen LogP contribution in [0.25, 0.3) is 16.3 Å². The summed E-state index contributed by atoms with van der Waals surface area (Å²) in [6.45, 7) is 1.95.